The predicted molar refractivity (Wildman–Crippen MR) is 321 cm³/mol. The third-order valence-corrected chi connectivity index (χ3v) is 16.7. The number of ketones is 5. The number of hydrogen-bond acceptors (Lipinski definition) is 10. The van der Waals surface area contributed by atoms with Crippen LogP contribution in [0, 0.1) is 0 Å². The van der Waals surface area contributed by atoms with Crippen LogP contribution in [0.15, 0.2) is 0 Å². The third kappa shape index (κ3) is 99.4. The fourth-order valence-electron chi connectivity index (χ4n) is 6.42. The number of hydrogen-bond donors (Lipinski definition) is 0. The zero-order chi connectivity index (χ0) is 51.8. The molecule has 0 saturated heterocycles. The lowest BCUT2D eigenvalue weighted by Gasteiger charge is -2.01. The number of carbonyl (C=O) groups is 5. The topological polar surface area (TPSA) is 85.3 Å². The van der Waals surface area contributed by atoms with E-state index in [4.69, 9.17) is 0 Å². The van der Waals surface area contributed by atoms with Gasteiger partial charge in [0.25, 0.3) is 0 Å². The number of Topliss-reactive ketones (excluding diaryl/α,β-unsaturated/α-hetero) is 5. The fourth-order valence-corrected chi connectivity index (χ4v) is 10.9. The highest BCUT2D eigenvalue weighted by Crippen LogP contribution is 2.14. The quantitative estimate of drug-likeness (QED) is 0.0549. The summed E-state index contributed by atoms with van der Waals surface area (Å²) in [6.45, 7) is 19.5. The van der Waals surface area contributed by atoms with Crippen molar-refractivity contribution in [2.24, 2.45) is 0 Å². The Kier molecular flexibility index (Phi) is 83.4. The molecule has 68 heavy (non-hydrogen) atoms. The predicted octanol–water partition coefficient (Wildman–Crippen LogP) is 19.5. The van der Waals surface area contributed by atoms with Crippen molar-refractivity contribution in [3.05, 3.63) is 0 Å². The lowest BCUT2D eigenvalue weighted by atomic mass is 10.1. The summed E-state index contributed by atoms with van der Waals surface area (Å²) in [5, 5.41) is 0. The van der Waals surface area contributed by atoms with Crippen LogP contribution < -0.4 is 0 Å². The second-order valence-electron chi connectivity index (χ2n) is 18.5. The largest absolute Gasteiger partial charge is 0.300 e. The van der Waals surface area contributed by atoms with E-state index in [2.05, 4.69) is 93.4 Å². The molecule has 0 saturated carbocycles. The Morgan fingerprint density at radius 3 is 0.471 bits per heavy atom. The molecule has 0 heterocycles. The van der Waals surface area contributed by atoms with Gasteiger partial charge in [-0.05, 0) is 188 Å². The molecule has 0 spiro atoms. The maximum absolute atomic E-state index is 10.7. The average molecular weight is 1050 g/mol. The number of rotatable bonds is 48. The van der Waals surface area contributed by atoms with Crippen LogP contribution in [0.25, 0.3) is 0 Å². The summed E-state index contributed by atoms with van der Waals surface area (Å²) < 4.78 is 0. The van der Waals surface area contributed by atoms with Crippen LogP contribution in [0.5, 0.6) is 0 Å². The molecule has 0 aliphatic rings. The zero-order valence-electron chi connectivity index (χ0n) is 47.0. The average Bonchev–Trinajstić information content (AvgIpc) is 3.29. The highest BCUT2D eigenvalue weighted by molar-refractivity contribution is 8.00. The van der Waals surface area contributed by atoms with Crippen LogP contribution in [0.4, 0.5) is 0 Å². The lowest BCUT2D eigenvalue weighted by molar-refractivity contribution is -0.117. The number of carbonyl (C=O) groups excluding carboxylic acids is 5. The van der Waals surface area contributed by atoms with E-state index in [1.54, 1.807) is 34.6 Å². The van der Waals surface area contributed by atoms with Gasteiger partial charge in [0, 0.05) is 32.1 Å². The van der Waals surface area contributed by atoms with Crippen LogP contribution >= 0.6 is 58.8 Å². The minimum atomic E-state index is 0.334. The Labute approximate surface area is 447 Å². The Morgan fingerprint density at radius 2 is 0.338 bits per heavy atom. The van der Waals surface area contributed by atoms with E-state index in [1.807, 2.05) is 0 Å². The zero-order valence-corrected chi connectivity index (χ0v) is 51.1. The van der Waals surface area contributed by atoms with E-state index in [0.717, 1.165) is 64.2 Å². The van der Waals surface area contributed by atoms with Crippen LogP contribution in [-0.2, 0) is 24.0 Å². The molecule has 0 aromatic carbocycles. The maximum Gasteiger partial charge on any atom is 0.129 e. The molecule has 0 fully saturated rings. The summed E-state index contributed by atoms with van der Waals surface area (Å²) in [5.41, 5.74) is 0. The Morgan fingerprint density at radius 1 is 0.206 bits per heavy atom. The van der Waals surface area contributed by atoms with E-state index >= 15 is 0 Å². The summed E-state index contributed by atoms with van der Waals surface area (Å²) in [6, 6.07) is 0. The molecule has 0 aliphatic heterocycles. The van der Waals surface area contributed by atoms with Gasteiger partial charge in [-0.3, -0.25) is 0 Å². The summed E-state index contributed by atoms with van der Waals surface area (Å²) in [7, 11) is 0. The Hall–Kier alpha value is 0.1000. The molecule has 408 valence electrons. The van der Waals surface area contributed by atoms with Gasteiger partial charge < -0.3 is 24.0 Å². The van der Waals surface area contributed by atoms with E-state index in [0.29, 0.717) is 28.9 Å². The fraction of sp³-hybridized carbons (Fsp3) is 0.914. The van der Waals surface area contributed by atoms with E-state index in [-0.39, 0.29) is 0 Å². The van der Waals surface area contributed by atoms with Gasteiger partial charge in [0.05, 0.1) is 0 Å². The van der Waals surface area contributed by atoms with Gasteiger partial charge in [0.15, 0.2) is 0 Å². The molecule has 0 aromatic heterocycles. The third-order valence-electron chi connectivity index (χ3n) is 10.3. The van der Waals surface area contributed by atoms with Crippen molar-refractivity contribution in [3.8, 4) is 0 Å². The highest BCUT2D eigenvalue weighted by atomic mass is 32.2. The maximum atomic E-state index is 10.7. The first kappa shape index (κ1) is 77.0. The van der Waals surface area contributed by atoms with Crippen molar-refractivity contribution in [2.75, 3.05) is 57.5 Å². The van der Waals surface area contributed by atoms with E-state index in [9.17, 15) is 24.0 Å². The van der Waals surface area contributed by atoms with Crippen molar-refractivity contribution < 1.29 is 24.0 Å². The number of unbranched alkanes of at least 4 members (excludes halogenated alkanes) is 18. The van der Waals surface area contributed by atoms with Gasteiger partial charge in [-0.2, -0.15) is 58.8 Å². The van der Waals surface area contributed by atoms with Crippen molar-refractivity contribution >= 4 is 87.7 Å². The van der Waals surface area contributed by atoms with Gasteiger partial charge >= 0.3 is 0 Å². The number of thioether (sulfide) groups is 5. The first-order valence-corrected chi connectivity index (χ1v) is 34.0. The molecule has 0 aromatic rings. The van der Waals surface area contributed by atoms with E-state index in [1.165, 1.54) is 205 Å². The molecular weight excluding hydrogens is 937 g/mol. The molecule has 0 N–H and O–H groups in total. The monoisotopic (exact) mass is 1050 g/mol. The van der Waals surface area contributed by atoms with E-state index < -0.39 is 0 Å². The Bertz CT molecular complexity index is 940. The van der Waals surface area contributed by atoms with Crippen LogP contribution in [-0.4, -0.2) is 86.4 Å². The molecule has 0 aliphatic carbocycles. The first-order chi connectivity index (χ1) is 32.9. The van der Waals surface area contributed by atoms with Crippen LogP contribution in [0.1, 0.15) is 281 Å². The highest BCUT2D eigenvalue weighted by Gasteiger charge is 1.98. The SMILES string of the molecule is CCCSCCCCCCC(C)=O.CCCSCCCCCCC(C)=O.CCCSCCCCCCC(C)=O.CCCSCCCCCCCC(C)=O.CCCSCCCCCCCCC(C)=O. The molecule has 0 unspecified atom stereocenters. The normalized spacial score (nSPS) is 10.4. The van der Waals surface area contributed by atoms with Crippen molar-refractivity contribution in [1.82, 2.24) is 0 Å². The molecular formula is C58H116O5S5. The van der Waals surface area contributed by atoms with Gasteiger partial charge in [-0.1, -0.05) is 118 Å². The molecule has 5 nitrogen and oxygen atoms in total. The molecule has 0 amide bonds. The minimum Gasteiger partial charge on any atom is -0.300 e. The smallest absolute Gasteiger partial charge is 0.129 e. The van der Waals surface area contributed by atoms with Gasteiger partial charge in [-0.25, -0.2) is 0 Å². The van der Waals surface area contributed by atoms with Crippen molar-refractivity contribution in [1.29, 1.82) is 0 Å². The molecule has 0 bridgehead atoms. The second-order valence-corrected chi connectivity index (χ2v) is 24.6. The van der Waals surface area contributed by atoms with Crippen molar-refractivity contribution in [3.63, 3.8) is 0 Å². The molecule has 0 radical (unpaired) electrons. The summed E-state index contributed by atoms with van der Waals surface area (Å²) in [4.78, 5) is 53.2. The molecule has 0 rings (SSSR count). The van der Waals surface area contributed by atoms with Crippen LogP contribution in [0.2, 0.25) is 0 Å². The molecule has 0 atom stereocenters. The lowest BCUT2D eigenvalue weighted by Crippen LogP contribution is -1.90. The summed E-state index contributed by atoms with van der Waals surface area (Å²) in [6.07, 6.45) is 39.2. The Balaban J connectivity index is -0.000000243. The van der Waals surface area contributed by atoms with Gasteiger partial charge in [0.2, 0.25) is 0 Å². The first-order valence-electron chi connectivity index (χ1n) is 28.2. The second kappa shape index (κ2) is 73.6. The molecule has 10 heteroatoms. The van der Waals surface area contributed by atoms with Gasteiger partial charge in [-0.15, -0.1) is 0 Å². The van der Waals surface area contributed by atoms with Crippen LogP contribution in [0.3, 0.4) is 0 Å². The summed E-state index contributed by atoms with van der Waals surface area (Å²) >= 11 is 10.3. The van der Waals surface area contributed by atoms with Gasteiger partial charge in [0.1, 0.15) is 28.9 Å². The summed E-state index contributed by atoms with van der Waals surface area (Å²) in [5.74, 6) is 14.8. The standard InChI is InChI=1S/C13H26OS.C12H24OS.3C11H22OS/c1-3-11-15-12-9-7-5-4-6-8-10-13(2)14;1-3-10-14-11-8-6-4-5-7-9-12(2)13;3*1-3-9-13-10-7-5-4-6-8-11(2)12/h3-12H2,1-2H3;3-11H2,1-2H3;3*3-10H2,1-2H3. The van der Waals surface area contributed by atoms with Crippen molar-refractivity contribution in [2.45, 2.75) is 281 Å². The minimum absolute atomic E-state index is 0.334.